The van der Waals surface area contributed by atoms with Crippen molar-refractivity contribution < 1.29 is 18.3 Å². The summed E-state index contributed by atoms with van der Waals surface area (Å²) in [6, 6.07) is 6.96. The molecule has 29 heavy (non-hydrogen) atoms. The third-order valence-electron chi connectivity index (χ3n) is 4.28. The van der Waals surface area contributed by atoms with E-state index in [1.165, 1.54) is 25.1 Å². The van der Waals surface area contributed by atoms with E-state index in [-0.39, 0.29) is 26.7 Å². The van der Waals surface area contributed by atoms with Crippen molar-refractivity contribution >= 4 is 60.1 Å². The first-order chi connectivity index (χ1) is 13.6. The van der Waals surface area contributed by atoms with Crippen LogP contribution in [0.25, 0.3) is 10.9 Å². The third-order valence-corrected chi connectivity index (χ3v) is 7.15. The normalized spacial score (nSPS) is 11.6. The molecule has 0 bridgehead atoms. The van der Waals surface area contributed by atoms with Crippen molar-refractivity contribution in [1.82, 2.24) is 9.66 Å². The molecule has 0 saturated carbocycles. The van der Waals surface area contributed by atoms with E-state index in [0.717, 1.165) is 21.0 Å². The summed E-state index contributed by atoms with van der Waals surface area (Å²) in [4.78, 5) is 29.0. The van der Waals surface area contributed by atoms with Crippen molar-refractivity contribution in [3.63, 3.8) is 0 Å². The molecule has 0 atom stereocenters. The Morgan fingerprint density at radius 3 is 2.62 bits per heavy atom. The average molecular weight is 501 g/mol. The number of halogens is 2. The van der Waals surface area contributed by atoms with Crippen molar-refractivity contribution in [1.29, 1.82) is 0 Å². The lowest BCUT2D eigenvalue weighted by molar-refractivity contribution is 0.198. The Bertz CT molecular complexity index is 1310. The molecule has 0 aliphatic carbocycles. The number of anilines is 1. The van der Waals surface area contributed by atoms with Gasteiger partial charge in [-0.2, -0.15) is 9.69 Å². The molecule has 0 saturated heterocycles. The summed E-state index contributed by atoms with van der Waals surface area (Å²) in [6.45, 7) is 3.21. The summed E-state index contributed by atoms with van der Waals surface area (Å²) in [5.74, 6) is -0.257. The van der Waals surface area contributed by atoms with Crippen LogP contribution in [0.2, 0.25) is 5.02 Å². The minimum atomic E-state index is -3.81. The van der Waals surface area contributed by atoms with Gasteiger partial charge in [0.1, 0.15) is 6.33 Å². The van der Waals surface area contributed by atoms with Crippen LogP contribution < -0.4 is 10.6 Å². The lowest BCUT2D eigenvalue weighted by atomic mass is 10.2. The van der Waals surface area contributed by atoms with Gasteiger partial charge in [-0.25, -0.2) is 18.2 Å². The van der Waals surface area contributed by atoms with Gasteiger partial charge in [-0.15, -0.1) is 0 Å². The summed E-state index contributed by atoms with van der Waals surface area (Å²) in [5, 5.41) is 10.6. The Hall–Kier alpha value is -2.43. The quantitative estimate of drug-likeness (QED) is 0.582. The number of aryl methyl sites for hydroxylation is 1. The van der Waals surface area contributed by atoms with Crippen molar-refractivity contribution in [2.45, 2.75) is 18.7 Å². The summed E-state index contributed by atoms with van der Waals surface area (Å²) in [7, 11) is -3.81. The van der Waals surface area contributed by atoms with Gasteiger partial charge >= 0.3 is 6.09 Å². The maximum atomic E-state index is 13.0. The van der Waals surface area contributed by atoms with E-state index in [9.17, 15) is 23.1 Å². The molecule has 0 aliphatic heterocycles. The van der Waals surface area contributed by atoms with E-state index in [1.54, 1.807) is 19.1 Å². The summed E-state index contributed by atoms with van der Waals surface area (Å²) < 4.78 is 26.5. The Balaban J connectivity index is 2.36. The summed E-state index contributed by atoms with van der Waals surface area (Å²) in [6.07, 6.45) is -0.541. The van der Waals surface area contributed by atoms with Crippen molar-refractivity contribution in [2.24, 2.45) is 0 Å². The summed E-state index contributed by atoms with van der Waals surface area (Å²) in [5.41, 5.74) is 0.186. The van der Waals surface area contributed by atoms with Crippen LogP contribution in [0, 0.1) is 6.92 Å². The molecule has 11 heteroatoms. The van der Waals surface area contributed by atoms with E-state index in [2.05, 4.69) is 20.9 Å². The molecule has 1 aromatic heterocycles. The molecule has 0 fully saturated rings. The molecule has 3 rings (SSSR count). The van der Waals surface area contributed by atoms with Crippen LogP contribution in [-0.4, -0.2) is 35.0 Å². The van der Waals surface area contributed by atoms with Gasteiger partial charge in [0.25, 0.3) is 5.56 Å². The van der Waals surface area contributed by atoms with Gasteiger partial charge in [-0.05, 0) is 42.8 Å². The second kappa shape index (κ2) is 7.77. The van der Waals surface area contributed by atoms with E-state index in [0.29, 0.717) is 10.5 Å². The highest BCUT2D eigenvalue weighted by Crippen LogP contribution is 2.30. The van der Waals surface area contributed by atoms with Gasteiger partial charge in [0.2, 0.25) is 0 Å². The zero-order valence-electron chi connectivity index (χ0n) is 15.3. The molecule has 0 spiro atoms. The van der Waals surface area contributed by atoms with Crippen LogP contribution >= 0.6 is 27.5 Å². The molecular formula is C18H15BrClN3O5S. The number of aromatic nitrogens is 2. The Labute approximate surface area is 179 Å². The molecule has 0 aliphatic rings. The summed E-state index contributed by atoms with van der Waals surface area (Å²) >= 11 is 9.36. The van der Waals surface area contributed by atoms with Crippen LogP contribution in [0.15, 0.2) is 50.8 Å². The fraction of sp³-hybridized carbons (Fsp3) is 0.167. The van der Waals surface area contributed by atoms with Crippen LogP contribution in [0.5, 0.6) is 0 Å². The highest BCUT2D eigenvalue weighted by Gasteiger charge is 2.27. The largest absolute Gasteiger partial charge is 0.463 e. The van der Waals surface area contributed by atoms with Gasteiger partial charge in [0.05, 0.1) is 27.2 Å². The fourth-order valence-electron chi connectivity index (χ4n) is 2.77. The number of benzene rings is 2. The maximum Gasteiger partial charge on any atom is 0.431 e. The average Bonchev–Trinajstić information content (AvgIpc) is 2.65. The first kappa shape index (κ1) is 21.3. The van der Waals surface area contributed by atoms with Crippen LogP contribution in [0.3, 0.4) is 0 Å². The number of amides is 1. The van der Waals surface area contributed by atoms with E-state index < -0.39 is 21.5 Å². The number of hydrogen-bond donors (Lipinski definition) is 1. The fourth-order valence-corrected chi connectivity index (χ4v) is 4.32. The van der Waals surface area contributed by atoms with Gasteiger partial charge in [-0.1, -0.05) is 34.5 Å². The predicted molar refractivity (Wildman–Crippen MR) is 114 cm³/mol. The molecule has 0 unspecified atom stereocenters. The van der Waals surface area contributed by atoms with E-state index in [4.69, 9.17) is 11.6 Å². The van der Waals surface area contributed by atoms with Gasteiger partial charge in [0, 0.05) is 9.50 Å². The van der Waals surface area contributed by atoms with Crippen LogP contribution in [-0.2, 0) is 9.84 Å². The number of fused-ring (bicyclic) bond motifs is 1. The number of rotatable bonds is 4. The smallest absolute Gasteiger partial charge is 0.431 e. The standard InChI is InChI=1S/C18H15BrClN3O5S/c1-3-29(27,28)16-5-4-11(20)7-15(16)23(18(25)26)22-9-21-14-8-13(19)10(2)6-12(14)17(22)24/h4-9H,3H2,1-2H3,(H,25,26). The van der Waals surface area contributed by atoms with Gasteiger partial charge < -0.3 is 5.11 Å². The number of sulfone groups is 1. The number of hydrogen-bond acceptors (Lipinski definition) is 5. The highest BCUT2D eigenvalue weighted by molar-refractivity contribution is 9.10. The first-order valence-corrected chi connectivity index (χ1v) is 11.1. The minimum Gasteiger partial charge on any atom is -0.463 e. The molecule has 1 heterocycles. The lowest BCUT2D eigenvalue weighted by Crippen LogP contribution is -2.43. The number of carbonyl (C=O) groups is 1. The first-order valence-electron chi connectivity index (χ1n) is 8.30. The van der Waals surface area contributed by atoms with Crippen molar-refractivity contribution in [3.05, 3.63) is 62.1 Å². The number of nitrogens with zero attached hydrogens (tertiary/aromatic N) is 3. The zero-order valence-corrected chi connectivity index (χ0v) is 18.4. The highest BCUT2D eigenvalue weighted by atomic mass is 79.9. The monoisotopic (exact) mass is 499 g/mol. The SMILES string of the molecule is CCS(=O)(=O)c1ccc(Cl)cc1N(C(=O)O)n1cnc2cc(Br)c(C)cc2c1=O. The zero-order chi connectivity index (χ0) is 21.5. The molecule has 1 amide bonds. The molecular weight excluding hydrogens is 486 g/mol. The molecule has 0 radical (unpaired) electrons. The van der Waals surface area contributed by atoms with Gasteiger partial charge in [-0.3, -0.25) is 4.79 Å². The number of carboxylic acid groups (broad SMARTS) is 1. The van der Waals surface area contributed by atoms with Gasteiger partial charge in [0.15, 0.2) is 9.84 Å². The molecule has 3 aromatic rings. The second-order valence-electron chi connectivity index (χ2n) is 6.12. The minimum absolute atomic E-state index is 0.114. The second-order valence-corrected chi connectivity index (χ2v) is 9.66. The lowest BCUT2D eigenvalue weighted by Gasteiger charge is -2.23. The molecule has 2 aromatic carbocycles. The Morgan fingerprint density at radius 1 is 1.31 bits per heavy atom. The van der Waals surface area contributed by atoms with E-state index >= 15 is 0 Å². The maximum absolute atomic E-state index is 13.0. The van der Waals surface area contributed by atoms with Crippen molar-refractivity contribution in [3.8, 4) is 0 Å². The Kier molecular flexibility index (Phi) is 5.70. The Morgan fingerprint density at radius 2 is 2.00 bits per heavy atom. The predicted octanol–water partition coefficient (Wildman–Crippen LogP) is 3.86. The third kappa shape index (κ3) is 3.87. The van der Waals surface area contributed by atoms with Crippen LogP contribution in [0.4, 0.5) is 10.5 Å². The van der Waals surface area contributed by atoms with E-state index in [1.807, 2.05) is 0 Å². The molecule has 1 N–H and O–H groups in total. The van der Waals surface area contributed by atoms with Crippen LogP contribution in [0.1, 0.15) is 12.5 Å². The molecule has 8 nitrogen and oxygen atoms in total. The van der Waals surface area contributed by atoms with Crippen molar-refractivity contribution in [2.75, 3.05) is 10.8 Å². The molecule has 152 valence electrons. The topological polar surface area (TPSA) is 110 Å².